The van der Waals surface area contributed by atoms with E-state index in [1.807, 2.05) is 13.8 Å². The Balaban J connectivity index is 1.55. The standard InChI is InChI=1S/C24H31F5IN3O6/c1-21(2)12-9-33(20(37)23(38)5-4-22(25,26)8-15(23)30)17(16(12)21)19(36)32-13(7-11-3-6-31-18(11)35)14(34)10-39-24(27,28)29/h11-13,15-17,38H,3-10H2,1-2H3,(H,31,35)(H,32,36)/t11?,12-,13?,15?,16-,17-,23?/m0/s1. The maximum atomic E-state index is 13.9. The average Bonchev–Trinajstić information content (AvgIpc) is 3.18. The summed E-state index contributed by atoms with van der Waals surface area (Å²) in [6, 6.07) is -2.68. The Labute approximate surface area is 235 Å². The Morgan fingerprint density at radius 1 is 1.26 bits per heavy atom. The van der Waals surface area contributed by atoms with Crippen LogP contribution in [0.5, 0.6) is 0 Å². The van der Waals surface area contributed by atoms with Gasteiger partial charge >= 0.3 is 6.36 Å². The molecule has 2 aliphatic carbocycles. The molecule has 3 amide bonds. The molecule has 9 nitrogen and oxygen atoms in total. The number of nitrogens with one attached hydrogen (secondary N) is 2. The monoisotopic (exact) mass is 679 g/mol. The van der Waals surface area contributed by atoms with Crippen molar-refractivity contribution in [2.75, 3.05) is 19.7 Å². The van der Waals surface area contributed by atoms with Gasteiger partial charge in [0, 0.05) is 31.8 Å². The zero-order valence-corrected chi connectivity index (χ0v) is 23.5. The van der Waals surface area contributed by atoms with Crippen molar-refractivity contribution in [2.45, 2.75) is 79.8 Å². The highest BCUT2D eigenvalue weighted by Crippen LogP contribution is 2.65. The second kappa shape index (κ2) is 10.3. The third kappa shape index (κ3) is 6.04. The molecule has 15 heteroatoms. The molecular formula is C24H31F5IN3O6. The van der Waals surface area contributed by atoms with Crippen LogP contribution in [0.4, 0.5) is 22.0 Å². The number of fused-ring (bicyclic) bond motifs is 1. The fraction of sp³-hybridized carbons (Fsp3) is 0.833. The molecule has 0 bridgehead atoms. The van der Waals surface area contributed by atoms with Gasteiger partial charge in [0.2, 0.25) is 17.7 Å². The van der Waals surface area contributed by atoms with E-state index in [0.29, 0.717) is 13.0 Å². The van der Waals surface area contributed by atoms with Gasteiger partial charge < -0.3 is 20.6 Å². The van der Waals surface area contributed by atoms with E-state index in [2.05, 4.69) is 15.4 Å². The Morgan fingerprint density at radius 2 is 1.92 bits per heavy atom. The van der Waals surface area contributed by atoms with E-state index < -0.39 is 89.2 Å². The SMILES string of the molecule is CC1(C)[C@@H]2[C@@H](C(=O)NC(CC3CCNC3=O)C(=O)COC(F)(F)F)N(C(=O)C3(O)CCC(F)(F)CC3I)C[C@@H]21. The first kappa shape index (κ1) is 30.3. The number of carbonyl (C=O) groups excluding carboxylic acids is 4. The van der Waals surface area contributed by atoms with Gasteiger partial charge in [0.15, 0.2) is 11.4 Å². The number of ketones is 1. The summed E-state index contributed by atoms with van der Waals surface area (Å²) in [4.78, 5) is 53.1. The van der Waals surface area contributed by atoms with Crippen LogP contribution >= 0.6 is 22.6 Å². The van der Waals surface area contributed by atoms with Gasteiger partial charge in [-0.3, -0.25) is 23.9 Å². The normalized spacial score (nSPS) is 35.7. The van der Waals surface area contributed by atoms with Gasteiger partial charge in [0.05, 0.1) is 9.97 Å². The lowest BCUT2D eigenvalue weighted by molar-refractivity contribution is -0.321. The van der Waals surface area contributed by atoms with Gasteiger partial charge in [-0.2, -0.15) is 0 Å². The summed E-state index contributed by atoms with van der Waals surface area (Å²) in [6.45, 7) is 2.78. The van der Waals surface area contributed by atoms with Crippen LogP contribution in [0.15, 0.2) is 0 Å². The molecule has 39 heavy (non-hydrogen) atoms. The Kier molecular flexibility index (Phi) is 8.04. The van der Waals surface area contributed by atoms with Crippen LogP contribution in [0.1, 0.15) is 46.0 Å². The van der Waals surface area contributed by atoms with Gasteiger partial charge in [0.25, 0.3) is 5.91 Å². The smallest absolute Gasteiger partial charge is 0.379 e. The topological polar surface area (TPSA) is 125 Å². The van der Waals surface area contributed by atoms with Crippen LogP contribution in [0.2, 0.25) is 0 Å². The zero-order valence-electron chi connectivity index (χ0n) is 21.3. The molecule has 2 saturated carbocycles. The van der Waals surface area contributed by atoms with Crippen molar-refractivity contribution in [3.8, 4) is 0 Å². The summed E-state index contributed by atoms with van der Waals surface area (Å²) in [5, 5.41) is 16.2. The molecule has 0 aromatic heterocycles. The number of alkyl halides is 6. The molecule has 2 heterocycles. The third-order valence-corrected chi connectivity index (χ3v) is 10.2. The van der Waals surface area contributed by atoms with E-state index in [9.17, 15) is 46.2 Å². The van der Waals surface area contributed by atoms with Crippen LogP contribution < -0.4 is 10.6 Å². The van der Waals surface area contributed by atoms with E-state index >= 15 is 0 Å². The molecule has 0 spiro atoms. The van der Waals surface area contributed by atoms with Gasteiger partial charge in [-0.05, 0) is 36.5 Å². The number of hydrogen-bond donors (Lipinski definition) is 3. The number of amides is 3. The Morgan fingerprint density at radius 3 is 2.49 bits per heavy atom. The largest absolute Gasteiger partial charge is 0.522 e. The molecular weight excluding hydrogens is 648 g/mol. The second-order valence-electron chi connectivity index (χ2n) is 11.6. The van der Waals surface area contributed by atoms with Crippen molar-refractivity contribution < 1.29 is 51.0 Å². The fourth-order valence-electron chi connectivity index (χ4n) is 6.28. The van der Waals surface area contributed by atoms with Crippen molar-refractivity contribution >= 4 is 46.1 Å². The first-order valence-electron chi connectivity index (χ1n) is 12.7. The van der Waals surface area contributed by atoms with Gasteiger partial charge in [0.1, 0.15) is 12.6 Å². The predicted octanol–water partition coefficient (Wildman–Crippen LogP) is 1.94. The van der Waals surface area contributed by atoms with Crippen molar-refractivity contribution in [3.63, 3.8) is 0 Å². The highest BCUT2D eigenvalue weighted by molar-refractivity contribution is 14.1. The lowest BCUT2D eigenvalue weighted by atomic mass is 9.81. The van der Waals surface area contributed by atoms with Gasteiger partial charge in [-0.1, -0.05) is 36.4 Å². The summed E-state index contributed by atoms with van der Waals surface area (Å²) in [7, 11) is 0. The first-order chi connectivity index (χ1) is 17.9. The predicted molar refractivity (Wildman–Crippen MR) is 132 cm³/mol. The number of nitrogens with zero attached hydrogens (tertiary/aromatic N) is 1. The molecule has 220 valence electrons. The summed E-state index contributed by atoms with van der Waals surface area (Å²) >= 11 is 1.62. The van der Waals surface area contributed by atoms with Crippen LogP contribution in [0.25, 0.3) is 0 Å². The maximum Gasteiger partial charge on any atom is 0.522 e. The molecule has 7 atom stereocenters. The quantitative estimate of drug-likeness (QED) is 0.205. The summed E-state index contributed by atoms with van der Waals surface area (Å²) in [5.74, 6) is -7.45. The first-order valence-corrected chi connectivity index (χ1v) is 14.0. The number of likely N-dealkylation sites (tertiary alicyclic amines) is 1. The van der Waals surface area contributed by atoms with Gasteiger partial charge in [-0.15, -0.1) is 13.2 Å². The van der Waals surface area contributed by atoms with E-state index in [-0.39, 0.29) is 30.2 Å². The number of aliphatic hydroxyl groups is 1. The molecule has 4 rings (SSSR count). The number of carbonyl (C=O) groups is 4. The molecule has 0 radical (unpaired) electrons. The molecule has 0 aromatic carbocycles. The lowest BCUT2D eigenvalue weighted by Gasteiger charge is -2.43. The molecule has 4 fully saturated rings. The van der Waals surface area contributed by atoms with E-state index in [0.717, 1.165) is 4.90 Å². The van der Waals surface area contributed by atoms with Gasteiger partial charge in [-0.25, -0.2) is 8.78 Å². The number of hydrogen-bond acceptors (Lipinski definition) is 6. The second-order valence-corrected chi connectivity index (χ2v) is 13.1. The summed E-state index contributed by atoms with van der Waals surface area (Å²) in [6.07, 6.45) is -6.93. The molecule has 2 aliphatic heterocycles. The van der Waals surface area contributed by atoms with E-state index in [4.69, 9.17) is 0 Å². The summed E-state index contributed by atoms with van der Waals surface area (Å²) < 4.78 is 68.1. The number of Topliss-reactive ketones (excluding diaryl/α,β-unsaturated/α-hetero) is 1. The Hall–Kier alpha value is -1.62. The van der Waals surface area contributed by atoms with Crippen molar-refractivity contribution in [1.82, 2.24) is 15.5 Å². The number of ether oxygens (including phenoxy) is 1. The molecule has 3 N–H and O–H groups in total. The van der Waals surface area contributed by atoms with Crippen LogP contribution in [0, 0.1) is 23.2 Å². The van der Waals surface area contributed by atoms with E-state index in [1.54, 1.807) is 22.6 Å². The minimum Gasteiger partial charge on any atom is -0.379 e. The highest BCUT2D eigenvalue weighted by Gasteiger charge is 2.71. The van der Waals surface area contributed by atoms with Crippen LogP contribution in [-0.2, 0) is 23.9 Å². The third-order valence-electron chi connectivity index (χ3n) is 8.74. The zero-order chi connectivity index (χ0) is 29.1. The summed E-state index contributed by atoms with van der Waals surface area (Å²) in [5.41, 5.74) is -2.51. The van der Waals surface area contributed by atoms with Crippen LogP contribution in [0.3, 0.4) is 0 Å². The molecule has 0 aromatic rings. The highest BCUT2D eigenvalue weighted by atomic mass is 127. The number of piperidine rings is 1. The Bertz CT molecular complexity index is 1040. The fourth-order valence-corrected chi connectivity index (χ4v) is 7.51. The minimum atomic E-state index is -5.09. The number of rotatable bonds is 8. The molecule has 4 unspecified atom stereocenters. The molecule has 4 aliphatic rings. The van der Waals surface area contributed by atoms with Crippen molar-refractivity contribution in [2.24, 2.45) is 23.2 Å². The maximum absolute atomic E-state index is 13.9. The lowest BCUT2D eigenvalue weighted by Crippen LogP contribution is -2.62. The van der Waals surface area contributed by atoms with Crippen LogP contribution in [-0.4, -0.2) is 87.1 Å². The average molecular weight is 679 g/mol. The number of halogens is 6. The molecule has 2 saturated heterocycles. The van der Waals surface area contributed by atoms with E-state index in [1.165, 1.54) is 0 Å². The minimum absolute atomic E-state index is 0.0808. The van der Waals surface area contributed by atoms with Crippen molar-refractivity contribution in [3.05, 3.63) is 0 Å². The van der Waals surface area contributed by atoms with Crippen molar-refractivity contribution in [1.29, 1.82) is 0 Å².